The van der Waals surface area contributed by atoms with Crippen molar-refractivity contribution in [3.63, 3.8) is 0 Å². The van der Waals surface area contributed by atoms with Gasteiger partial charge in [-0.05, 0) is 54.4 Å². The first-order valence-corrected chi connectivity index (χ1v) is 10.9. The highest BCUT2D eigenvalue weighted by Gasteiger charge is 2.43. The van der Waals surface area contributed by atoms with Crippen LogP contribution >= 0.6 is 11.6 Å². The van der Waals surface area contributed by atoms with Crippen LogP contribution in [0.15, 0.2) is 30.0 Å². The summed E-state index contributed by atoms with van der Waals surface area (Å²) in [5.41, 5.74) is 1.62. The topological polar surface area (TPSA) is 78.9 Å². The van der Waals surface area contributed by atoms with Gasteiger partial charge in [0.15, 0.2) is 0 Å². The number of carbonyl (C=O) groups is 2. The van der Waals surface area contributed by atoms with Crippen molar-refractivity contribution in [1.29, 1.82) is 0 Å². The molecule has 1 heterocycles. The lowest BCUT2D eigenvalue weighted by atomic mass is 9.72. The van der Waals surface area contributed by atoms with Crippen LogP contribution in [0.2, 0.25) is 5.02 Å². The molecule has 0 bridgehead atoms. The highest BCUT2D eigenvalue weighted by atomic mass is 35.5. The number of benzene rings is 1. The largest absolute Gasteiger partial charge is 0.492 e. The number of urea groups is 1. The molecule has 3 rings (SSSR count). The van der Waals surface area contributed by atoms with E-state index in [1.165, 1.54) is 4.90 Å². The second kappa shape index (κ2) is 8.88. The SMILES string of the molecule is CC(C)(C)CCOc1ccc(C23CCCCC2=CN(CCC(=O)O)C(=O)N3)cc1Cl. The molecule has 164 valence electrons. The van der Waals surface area contributed by atoms with Crippen LogP contribution in [-0.2, 0) is 10.3 Å². The Morgan fingerprint density at radius 3 is 2.77 bits per heavy atom. The quantitative estimate of drug-likeness (QED) is 0.609. The van der Waals surface area contributed by atoms with Crippen LogP contribution in [0.3, 0.4) is 0 Å². The Balaban J connectivity index is 1.83. The zero-order chi connectivity index (χ0) is 21.9. The van der Waals surface area contributed by atoms with E-state index in [0.29, 0.717) is 17.4 Å². The van der Waals surface area contributed by atoms with Crippen LogP contribution < -0.4 is 10.1 Å². The number of aliphatic carboxylic acids is 1. The summed E-state index contributed by atoms with van der Waals surface area (Å²) in [6.45, 7) is 7.25. The third-order valence-corrected chi connectivity index (χ3v) is 6.09. The monoisotopic (exact) mass is 434 g/mol. The zero-order valence-electron chi connectivity index (χ0n) is 18.0. The summed E-state index contributed by atoms with van der Waals surface area (Å²) in [5, 5.41) is 12.6. The Bertz CT molecular complexity index is 846. The van der Waals surface area contributed by atoms with Crippen molar-refractivity contribution >= 4 is 23.6 Å². The normalized spacial score (nSPS) is 21.5. The van der Waals surface area contributed by atoms with E-state index in [1.807, 2.05) is 24.4 Å². The van der Waals surface area contributed by atoms with Crippen molar-refractivity contribution in [3.05, 3.63) is 40.6 Å². The molecule has 1 aliphatic carbocycles. The second-order valence-electron chi connectivity index (χ2n) is 9.34. The van der Waals surface area contributed by atoms with Gasteiger partial charge < -0.3 is 20.1 Å². The first-order valence-electron chi connectivity index (χ1n) is 10.6. The Morgan fingerprint density at radius 1 is 1.33 bits per heavy atom. The first kappa shape index (κ1) is 22.5. The van der Waals surface area contributed by atoms with Gasteiger partial charge in [-0.1, -0.05) is 44.9 Å². The predicted molar refractivity (Wildman–Crippen MR) is 117 cm³/mol. The summed E-state index contributed by atoms with van der Waals surface area (Å²) in [6.07, 6.45) is 6.35. The molecule has 1 atom stereocenters. The van der Waals surface area contributed by atoms with E-state index in [1.54, 1.807) is 0 Å². The van der Waals surface area contributed by atoms with Gasteiger partial charge in [0.05, 0.1) is 23.6 Å². The van der Waals surface area contributed by atoms with Gasteiger partial charge in [-0.3, -0.25) is 4.79 Å². The third-order valence-electron chi connectivity index (χ3n) is 5.79. The number of nitrogens with zero attached hydrogens (tertiary/aromatic N) is 1. The molecule has 0 spiro atoms. The minimum Gasteiger partial charge on any atom is -0.492 e. The van der Waals surface area contributed by atoms with Crippen LogP contribution in [0.1, 0.15) is 64.9 Å². The van der Waals surface area contributed by atoms with E-state index in [2.05, 4.69) is 26.1 Å². The van der Waals surface area contributed by atoms with E-state index >= 15 is 0 Å². The number of carboxylic acids is 1. The average Bonchev–Trinajstić information content (AvgIpc) is 2.66. The number of rotatable bonds is 7. The van der Waals surface area contributed by atoms with E-state index in [-0.39, 0.29) is 24.4 Å². The van der Waals surface area contributed by atoms with Gasteiger partial charge in [-0.25, -0.2) is 4.79 Å². The standard InChI is InChI=1S/C23H31ClN2O4/c1-22(2,3)11-13-30-19-8-7-16(14-18(19)24)23-10-5-4-6-17(23)15-26(21(29)25-23)12-9-20(27)28/h7-8,14-15H,4-6,9-13H2,1-3H3,(H,25,29)(H,27,28). The third kappa shape index (κ3) is 5.09. The van der Waals surface area contributed by atoms with Gasteiger partial charge in [-0.15, -0.1) is 0 Å². The van der Waals surface area contributed by atoms with E-state index in [9.17, 15) is 9.59 Å². The van der Waals surface area contributed by atoms with Gasteiger partial charge in [0.2, 0.25) is 0 Å². The summed E-state index contributed by atoms with van der Waals surface area (Å²) >= 11 is 6.54. The lowest BCUT2D eigenvalue weighted by Gasteiger charge is -2.45. The maximum atomic E-state index is 12.7. The number of carboxylic acid groups (broad SMARTS) is 1. The Kier molecular flexibility index (Phi) is 6.65. The Morgan fingerprint density at radius 2 is 2.10 bits per heavy atom. The number of ether oxygens (including phenoxy) is 1. The van der Waals surface area contributed by atoms with Crippen LogP contribution in [-0.4, -0.2) is 35.2 Å². The molecule has 1 aromatic carbocycles. The van der Waals surface area contributed by atoms with E-state index in [0.717, 1.165) is 43.2 Å². The smallest absolute Gasteiger partial charge is 0.322 e. The van der Waals surface area contributed by atoms with Gasteiger partial charge >= 0.3 is 12.0 Å². The molecule has 1 fully saturated rings. The van der Waals surface area contributed by atoms with Crippen LogP contribution in [0.4, 0.5) is 4.79 Å². The number of amides is 2. The van der Waals surface area contributed by atoms with Gasteiger partial charge in [0.25, 0.3) is 0 Å². The first-order chi connectivity index (χ1) is 14.1. The highest BCUT2D eigenvalue weighted by Crippen LogP contribution is 2.45. The molecule has 0 aromatic heterocycles. The number of hydrogen-bond donors (Lipinski definition) is 2. The molecule has 2 aliphatic rings. The van der Waals surface area contributed by atoms with Crippen LogP contribution in [0, 0.1) is 5.41 Å². The van der Waals surface area contributed by atoms with Crippen molar-refractivity contribution in [1.82, 2.24) is 10.2 Å². The Labute approximate surface area is 183 Å². The average molecular weight is 435 g/mol. The van der Waals surface area contributed by atoms with Crippen molar-refractivity contribution in [2.75, 3.05) is 13.2 Å². The molecule has 7 heteroatoms. The number of fused-ring (bicyclic) bond motifs is 1. The number of hydrogen-bond acceptors (Lipinski definition) is 3. The second-order valence-corrected chi connectivity index (χ2v) is 9.75. The summed E-state index contributed by atoms with van der Waals surface area (Å²) in [7, 11) is 0. The van der Waals surface area contributed by atoms with Crippen molar-refractivity contribution in [2.24, 2.45) is 5.41 Å². The van der Waals surface area contributed by atoms with Gasteiger partial charge in [0.1, 0.15) is 5.75 Å². The Hall–Kier alpha value is -2.21. The molecule has 0 saturated heterocycles. The summed E-state index contributed by atoms with van der Waals surface area (Å²) in [5.74, 6) is -0.275. The molecule has 6 nitrogen and oxygen atoms in total. The lowest BCUT2D eigenvalue weighted by molar-refractivity contribution is -0.137. The van der Waals surface area contributed by atoms with Gasteiger partial charge in [0, 0.05) is 12.7 Å². The number of halogens is 1. The van der Waals surface area contributed by atoms with Gasteiger partial charge in [-0.2, -0.15) is 0 Å². The molecule has 2 amide bonds. The minimum atomic E-state index is -0.921. The van der Waals surface area contributed by atoms with Crippen molar-refractivity contribution < 1.29 is 19.4 Å². The summed E-state index contributed by atoms with van der Waals surface area (Å²) in [6, 6.07) is 5.47. The highest BCUT2D eigenvalue weighted by molar-refractivity contribution is 6.32. The molecule has 2 N–H and O–H groups in total. The molecular formula is C23H31ClN2O4. The number of carbonyl (C=O) groups excluding carboxylic acids is 1. The van der Waals surface area contributed by atoms with E-state index < -0.39 is 11.5 Å². The maximum Gasteiger partial charge on any atom is 0.322 e. The van der Waals surface area contributed by atoms with Crippen molar-refractivity contribution in [2.45, 2.75) is 64.8 Å². The molecule has 1 unspecified atom stereocenters. The fourth-order valence-electron chi connectivity index (χ4n) is 4.03. The van der Waals surface area contributed by atoms with Crippen molar-refractivity contribution in [3.8, 4) is 5.75 Å². The lowest BCUT2D eigenvalue weighted by Crippen LogP contribution is -2.56. The predicted octanol–water partition coefficient (Wildman–Crippen LogP) is 5.31. The molecular weight excluding hydrogens is 404 g/mol. The molecule has 0 radical (unpaired) electrons. The molecule has 30 heavy (non-hydrogen) atoms. The minimum absolute atomic E-state index is 0.0867. The molecule has 1 saturated carbocycles. The fourth-order valence-corrected chi connectivity index (χ4v) is 4.27. The summed E-state index contributed by atoms with van der Waals surface area (Å²) < 4.78 is 5.88. The molecule has 1 aromatic rings. The van der Waals surface area contributed by atoms with Crippen LogP contribution in [0.25, 0.3) is 0 Å². The molecule has 1 aliphatic heterocycles. The van der Waals surface area contributed by atoms with E-state index in [4.69, 9.17) is 21.4 Å². The fraction of sp³-hybridized carbons (Fsp3) is 0.565. The number of nitrogens with one attached hydrogen (secondary N) is 1. The zero-order valence-corrected chi connectivity index (χ0v) is 18.7. The van der Waals surface area contributed by atoms with Crippen LogP contribution in [0.5, 0.6) is 5.75 Å². The maximum absolute atomic E-state index is 12.7. The summed E-state index contributed by atoms with van der Waals surface area (Å²) in [4.78, 5) is 25.1.